The maximum Gasteiger partial charge on any atom is 0.0535 e. The summed E-state index contributed by atoms with van der Waals surface area (Å²) < 4.78 is 2.41. The molecule has 0 atom stereocenters. The predicted octanol–water partition coefficient (Wildman–Crippen LogP) is 19.3. The van der Waals surface area contributed by atoms with Gasteiger partial charge in [0.2, 0.25) is 0 Å². The molecule has 0 aliphatic heterocycles. The van der Waals surface area contributed by atoms with Gasteiger partial charge in [-0.2, -0.15) is 0 Å². The summed E-state index contributed by atoms with van der Waals surface area (Å²) in [5.74, 6) is 0. The lowest BCUT2D eigenvalue weighted by Gasteiger charge is -2.15. The molecule has 0 fully saturated rings. The van der Waals surface area contributed by atoms with Gasteiger partial charge in [0.1, 0.15) is 0 Å². The van der Waals surface area contributed by atoms with Crippen LogP contribution in [0.5, 0.6) is 0 Å². The van der Waals surface area contributed by atoms with Gasteiger partial charge in [0.25, 0.3) is 0 Å². The Morgan fingerprint density at radius 1 is 0.197 bits per heavy atom. The molecule has 71 heavy (non-hydrogen) atoms. The molecule has 0 aliphatic rings. The normalized spacial score (nSPS) is 11.4. The van der Waals surface area contributed by atoms with Gasteiger partial charge < -0.3 is 4.57 Å². The molecule has 13 rings (SSSR count). The van der Waals surface area contributed by atoms with Crippen molar-refractivity contribution in [1.82, 2.24) is 4.57 Å². The molecular formula is C70H47N. The van der Waals surface area contributed by atoms with Gasteiger partial charge in [-0.05, 0) is 135 Å². The Labute approximate surface area is 414 Å². The fraction of sp³-hybridized carbons (Fsp3) is 0. The maximum atomic E-state index is 2.41. The highest BCUT2D eigenvalue weighted by molar-refractivity contribution is 6.03. The molecule has 1 nitrogen and oxygen atoms in total. The number of nitrogens with zero attached hydrogens (tertiary/aromatic N) is 1. The van der Waals surface area contributed by atoms with Crippen LogP contribution in [0.3, 0.4) is 0 Å². The molecule has 12 aromatic carbocycles. The topological polar surface area (TPSA) is 4.93 Å². The molecule has 332 valence electrons. The van der Waals surface area contributed by atoms with E-state index in [9.17, 15) is 0 Å². The molecular weight excluding hydrogens is 855 g/mol. The average molecular weight is 902 g/mol. The van der Waals surface area contributed by atoms with Crippen LogP contribution in [-0.2, 0) is 0 Å². The van der Waals surface area contributed by atoms with Crippen LogP contribution in [0.2, 0.25) is 0 Å². The zero-order chi connectivity index (χ0) is 47.1. The third-order valence-electron chi connectivity index (χ3n) is 14.3. The Morgan fingerprint density at radius 2 is 0.549 bits per heavy atom. The second-order valence-corrected chi connectivity index (χ2v) is 18.5. The molecule has 0 aliphatic carbocycles. The lowest BCUT2D eigenvalue weighted by Crippen LogP contribution is -1.95. The van der Waals surface area contributed by atoms with Gasteiger partial charge in [-0.25, -0.2) is 0 Å². The summed E-state index contributed by atoms with van der Waals surface area (Å²) in [7, 11) is 0. The Morgan fingerprint density at radius 3 is 1.00 bits per heavy atom. The van der Waals surface area contributed by atoms with Crippen LogP contribution in [0.4, 0.5) is 0 Å². The van der Waals surface area contributed by atoms with Crippen molar-refractivity contribution in [3.05, 3.63) is 285 Å². The van der Waals surface area contributed by atoms with Gasteiger partial charge in [0.05, 0.1) is 5.52 Å². The van der Waals surface area contributed by atoms with Crippen LogP contribution in [0.15, 0.2) is 285 Å². The summed E-state index contributed by atoms with van der Waals surface area (Å²) in [5.41, 5.74) is 21.5. The van der Waals surface area contributed by atoms with Crippen LogP contribution in [0.25, 0.3) is 127 Å². The number of hydrogen-bond acceptors (Lipinski definition) is 0. The first-order valence-electron chi connectivity index (χ1n) is 24.5. The molecule has 0 amide bonds. The maximum absolute atomic E-state index is 2.41. The molecule has 0 radical (unpaired) electrons. The second-order valence-electron chi connectivity index (χ2n) is 18.5. The van der Waals surface area contributed by atoms with E-state index in [-0.39, 0.29) is 0 Å². The van der Waals surface area contributed by atoms with Crippen molar-refractivity contribution >= 4 is 32.4 Å². The third kappa shape index (κ3) is 8.00. The zero-order valence-electron chi connectivity index (χ0n) is 39.1. The Bertz CT molecular complexity index is 3920. The molecule has 0 saturated heterocycles. The van der Waals surface area contributed by atoms with Gasteiger partial charge in [0, 0.05) is 22.8 Å². The van der Waals surface area contributed by atoms with Crippen molar-refractivity contribution in [2.24, 2.45) is 0 Å². The highest BCUT2D eigenvalue weighted by Gasteiger charge is 2.17. The van der Waals surface area contributed by atoms with Crippen LogP contribution in [-0.4, -0.2) is 4.57 Å². The molecule has 0 bridgehead atoms. The number of fused-ring (bicyclic) bond motifs is 3. The van der Waals surface area contributed by atoms with Gasteiger partial charge >= 0.3 is 0 Å². The van der Waals surface area contributed by atoms with Gasteiger partial charge in [-0.1, -0.05) is 249 Å². The largest absolute Gasteiger partial charge is 0.316 e. The van der Waals surface area contributed by atoms with Crippen molar-refractivity contribution < 1.29 is 0 Å². The summed E-state index contributed by atoms with van der Waals surface area (Å²) in [6.45, 7) is 0. The van der Waals surface area contributed by atoms with Crippen LogP contribution >= 0.6 is 0 Å². The zero-order valence-corrected chi connectivity index (χ0v) is 39.1. The average Bonchev–Trinajstić information content (AvgIpc) is 3.84. The van der Waals surface area contributed by atoms with Crippen LogP contribution in [0, 0.1) is 0 Å². The quantitative estimate of drug-likeness (QED) is 0.136. The third-order valence-corrected chi connectivity index (χ3v) is 14.3. The van der Waals surface area contributed by atoms with Gasteiger partial charge in [0.15, 0.2) is 0 Å². The van der Waals surface area contributed by atoms with Crippen molar-refractivity contribution in [3.63, 3.8) is 0 Å². The molecule has 1 heteroatoms. The molecule has 1 heterocycles. The first-order valence-corrected chi connectivity index (χ1v) is 24.5. The van der Waals surface area contributed by atoms with E-state index < -0.39 is 0 Å². The fourth-order valence-corrected chi connectivity index (χ4v) is 10.5. The minimum absolute atomic E-state index is 1.11. The van der Waals surface area contributed by atoms with Gasteiger partial charge in [-0.3, -0.25) is 0 Å². The summed E-state index contributed by atoms with van der Waals surface area (Å²) in [6.07, 6.45) is 2.36. The van der Waals surface area contributed by atoms with E-state index in [4.69, 9.17) is 0 Å². The molecule has 0 N–H and O–H groups in total. The summed E-state index contributed by atoms with van der Waals surface area (Å²) >= 11 is 0. The first kappa shape index (κ1) is 41.9. The Hall–Kier alpha value is -9.30. The lowest BCUT2D eigenvalue weighted by molar-refractivity contribution is 1.13. The molecule has 0 saturated carbocycles. The van der Waals surface area contributed by atoms with E-state index >= 15 is 0 Å². The van der Waals surface area contributed by atoms with E-state index in [1.807, 2.05) is 0 Å². The number of rotatable bonds is 9. The lowest BCUT2D eigenvalue weighted by atomic mass is 9.92. The second kappa shape index (κ2) is 18.0. The Kier molecular flexibility index (Phi) is 10.6. The van der Waals surface area contributed by atoms with Crippen molar-refractivity contribution in [2.75, 3.05) is 0 Å². The summed E-state index contributed by atoms with van der Waals surface area (Å²) in [4.78, 5) is 0. The fourth-order valence-electron chi connectivity index (χ4n) is 10.5. The summed E-state index contributed by atoms with van der Waals surface area (Å²) in [5, 5.41) is 6.14. The van der Waals surface area contributed by atoms with Crippen molar-refractivity contribution in [1.29, 1.82) is 0 Å². The minimum atomic E-state index is 1.11. The molecule has 1 aromatic heterocycles. The van der Waals surface area contributed by atoms with E-state index in [0.717, 1.165) is 11.2 Å². The standard InChI is InChI=1S/C70H47N/c1-3-13-48(14-4-1)50-25-29-52(30-26-50)54-33-35-56(36-34-54)60-41-42-70-68(46-60)69(59-39-37-55(38-40-59)53-31-27-51(28-32-53)49-15-5-2-6-16-49)47-71(70)63-44-61(66-23-11-19-57-17-7-9-21-64(57)66)43-62(45-63)67-24-12-20-58-18-8-10-22-65(58)67/h1-47H. The molecule has 0 unspecified atom stereocenters. The van der Waals surface area contributed by atoms with E-state index in [2.05, 4.69) is 290 Å². The van der Waals surface area contributed by atoms with E-state index in [0.29, 0.717) is 0 Å². The molecule has 0 spiro atoms. The van der Waals surface area contributed by atoms with E-state index in [1.165, 1.54) is 116 Å². The Balaban J connectivity index is 0.943. The van der Waals surface area contributed by atoms with Crippen LogP contribution in [0.1, 0.15) is 0 Å². The molecule has 13 aromatic rings. The minimum Gasteiger partial charge on any atom is -0.316 e. The first-order chi connectivity index (χ1) is 35.2. The highest BCUT2D eigenvalue weighted by Crippen LogP contribution is 2.41. The number of aromatic nitrogens is 1. The highest BCUT2D eigenvalue weighted by atomic mass is 15.0. The van der Waals surface area contributed by atoms with E-state index in [1.54, 1.807) is 0 Å². The summed E-state index contributed by atoms with van der Waals surface area (Å²) in [6, 6.07) is 102. The van der Waals surface area contributed by atoms with Crippen molar-refractivity contribution in [2.45, 2.75) is 0 Å². The van der Waals surface area contributed by atoms with Gasteiger partial charge in [-0.15, -0.1) is 0 Å². The SMILES string of the molecule is c1ccc(-c2ccc(-c3ccc(-c4ccc5c(c4)c(-c4ccc(-c6ccc(-c7ccccc7)cc6)cc4)cn5-c4cc(-c5cccc6ccccc56)cc(-c5cccc6ccccc56)c4)cc3)cc2)cc1. The predicted molar refractivity (Wildman–Crippen MR) is 302 cm³/mol. The number of hydrogen-bond donors (Lipinski definition) is 0. The monoisotopic (exact) mass is 901 g/mol. The van der Waals surface area contributed by atoms with Crippen LogP contribution < -0.4 is 0 Å². The number of benzene rings is 12. The van der Waals surface area contributed by atoms with Crippen molar-refractivity contribution in [3.8, 4) is 94.7 Å². The smallest absolute Gasteiger partial charge is 0.0535 e.